The van der Waals surface area contributed by atoms with E-state index < -0.39 is 32.7 Å². The number of aliphatic carboxylic acids is 1. The van der Waals surface area contributed by atoms with Gasteiger partial charge in [0.15, 0.2) is 9.84 Å². The Morgan fingerprint density at radius 1 is 1.32 bits per heavy atom. The minimum absolute atomic E-state index is 0.00319. The fraction of sp³-hybridized carbons (Fsp3) is 0.429. The molecule has 6 nitrogen and oxygen atoms in total. The zero-order valence-electron chi connectivity index (χ0n) is 12.4. The third kappa shape index (κ3) is 6.48. The van der Waals surface area contributed by atoms with Gasteiger partial charge in [0.05, 0.1) is 11.0 Å². The number of benzene rings is 1. The predicted octanol–water partition coefficient (Wildman–Crippen LogP) is 1.77. The second kappa shape index (κ2) is 8.19. The number of carboxylic acid groups (broad SMARTS) is 1. The number of thioether (sulfide) groups is 1. The lowest BCUT2D eigenvalue weighted by Gasteiger charge is -2.09. The average molecular weight is 345 g/mol. The van der Waals surface area contributed by atoms with Crippen LogP contribution in [0, 0.1) is 0 Å². The van der Waals surface area contributed by atoms with Crippen LogP contribution in [0.15, 0.2) is 24.3 Å². The first-order chi connectivity index (χ1) is 10.2. The monoisotopic (exact) mass is 345 g/mol. The third-order valence-electron chi connectivity index (χ3n) is 2.76. The zero-order valence-corrected chi connectivity index (χ0v) is 14.0. The van der Waals surface area contributed by atoms with Crippen molar-refractivity contribution >= 4 is 39.2 Å². The van der Waals surface area contributed by atoms with E-state index >= 15 is 0 Å². The van der Waals surface area contributed by atoms with E-state index in [0.717, 1.165) is 5.56 Å². The first kappa shape index (κ1) is 18.5. The molecule has 122 valence electrons. The Kier molecular flexibility index (Phi) is 6.89. The standard InChI is InChI=1S/C14H19NO5S2/c1-10(2)22(19,20)9-13(16)15-12-5-3-4-11(6-12)7-21-8-14(17)18/h3-6,10H,7-9H2,1-2H3,(H,15,16)(H,17,18). The number of rotatable bonds is 8. The maximum Gasteiger partial charge on any atom is 0.313 e. The topological polar surface area (TPSA) is 101 Å². The molecule has 0 unspecified atom stereocenters. The van der Waals surface area contributed by atoms with E-state index in [1.807, 2.05) is 6.07 Å². The Morgan fingerprint density at radius 2 is 2.00 bits per heavy atom. The second-order valence-corrected chi connectivity index (χ2v) is 8.53. The van der Waals surface area contributed by atoms with Crippen LogP contribution in [0.2, 0.25) is 0 Å². The van der Waals surface area contributed by atoms with E-state index in [-0.39, 0.29) is 5.75 Å². The number of sulfone groups is 1. The maximum atomic E-state index is 11.8. The summed E-state index contributed by atoms with van der Waals surface area (Å²) < 4.78 is 23.4. The highest BCUT2D eigenvalue weighted by Gasteiger charge is 2.20. The molecule has 0 atom stereocenters. The summed E-state index contributed by atoms with van der Waals surface area (Å²) >= 11 is 1.25. The molecule has 0 bridgehead atoms. The molecular formula is C14H19NO5S2. The van der Waals surface area contributed by atoms with Crippen LogP contribution in [0.4, 0.5) is 5.69 Å². The predicted molar refractivity (Wildman–Crippen MR) is 87.8 cm³/mol. The van der Waals surface area contributed by atoms with Gasteiger partial charge in [0, 0.05) is 11.4 Å². The molecule has 8 heteroatoms. The van der Waals surface area contributed by atoms with Crippen molar-refractivity contribution in [3.63, 3.8) is 0 Å². The number of nitrogens with one attached hydrogen (secondary N) is 1. The SMILES string of the molecule is CC(C)S(=O)(=O)CC(=O)Nc1cccc(CSCC(=O)O)c1. The van der Waals surface area contributed by atoms with E-state index in [1.165, 1.54) is 25.6 Å². The van der Waals surface area contributed by atoms with Crippen LogP contribution < -0.4 is 5.32 Å². The number of anilines is 1. The molecule has 0 saturated heterocycles. The molecule has 1 aromatic rings. The van der Waals surface area contributed by atoms with E-state index in [9.17, 15) is 18.0 Å². The van der Waals surface area contributed by atoms with Gasteiger partial charge in [-0.25, -0.2) is 8.42 Å². The van der Waals surface area contributed by atoms with Crippen molar-refractivity contribution in [2.45, 2.75) is 24.9 Å². The molecule has 1 rings (SSSR count). The van der Waals surface area contributed by atoms with Crippen molar-refractivity contribution < 1.29 is 23.1 Å². The van der Waals surface area contributed by atoms with E-state index in [4.69, 9.17) is 5.11 Å². The van der Waals surface area contributed by atoms with Gasteiger partial charge in [-0.2, -0.15) is 0 Å². The third-order valence-corrected chi connectivity index (χ3v) is 5.85. The van der Waals surface area contributed by atoms with Crippen LogP contribution in [0.25, 0.3) is 0 Å². The maximum absolute atomic E-state index is 11.8. The van der Waals surface area contributed by atoms with Crippen molar-refractivity contribution in [2.24, 2.45) is 0 Å². The Morgan fingerprint density at radius 3 is 2.59 bits per heavy atom. The lowest BCUT2D eigenvalue weighted by atomic mass is 10.2. The molecule has 0 aromatic heterocycles. The van der Waals surface area contributed by atoms with Gasteiger partial charge in [-0.3, -0.25) is 9.59 Å². The molecule has 1 aromatic carbocycles. The highest BCUT2D eigenvalue weighted by atomic mass is 32.2. The molecule has 2 N–H and O–H groups in total. The van der Waals surface area contributed by atoms with Crippen molar-refractivity contribution in [3.05, 3.63) is 29.8 Å². The van der Waals surface area contributed by atoms with Crippen molar-refractivity contribution in [1.82, 2.24) is 0 Å². The largest absolute Gasteiger partial charge is 0.481 e. The normalized spacial score (nSPS) is 11.4. The zero-order chi connectivity index (χ0) is 16.8. The van der Waals surface area contributed by atoms with E-state index in [2.05, 4.69) is 5.32 Å². The van der Waals surface area contributed by atoms with Crippen LogP contribution >= 0.6 is 11.8 Å². The number of hydrogen-bond donors (Lipinski definition) is 2. The van der Waals surface area contributed by atoms with Crippen LogP contribution in [0.3, 0.4) is 0 Å². The molecule has 0 aliphatic carbocycles. The number of carboxylic acids is 1. The average Bonchev–Trinajstić information content (AvgIpc) is 2.37. The summed E-state index contributed by atoms with van der Waals surface area (Å²) in [7, 11) is -3.43. The van der Waals surface area contributed by atoms with Gasteiger partial charge in [-0.05, 0) is 31.5 Å². The summed E-state index contributed by atoms with van der Waals surface area (Å²) in [6.07, 6.45) is 0. The molecule has 22 heavy (non-hydrogen) atoms. The molecule has 0 aliphatic rings. The van der Waals surface area contributed by atoms with Gasteiger partial charge >= 0.3 is 5.97 Å². The smallest absolute Gasteiger partial charge is 0.313 e. The molecule has 0 radical (unpaired) electrons. The van der Waals surface area contributed by atoms with E-state index in [0.29, 0.717) is 11.4 Å². The molecule has 0 spiro atoms. The Balaban J connectivity index is 2.62. The van der Waals surface area contributed by atoms with Crippen molar-refractivity contribution in [3.8, 4) is 0 Å². The molecule has 0 saturated carbocycles. The molecule has 1 amide bonds. The summed E-state index contributed by atoms with van der Waals surface area (Å²) in [5, 5.41) is 10.5. The molecule has 0 heterocycles. The Labute approximate surface area is 134 Å². The number of carbonyl (C=O) groups is 2. The fourth-order valence-electron chi connectivity index (χ4n) is 1.54. The van der Waals surface area contributed by atoms with Crippen LogP contribution in [-0.2, 0) is 25.2 Å². The highest BCUT2D eigenvalue weighted by Crippen LogP contribution is 2.16. The molecule has 0 fully saturated rings. The van der Waals surface area contributed by atoms with Crippen molar-refractivity contribution in [2.75, 3.05) is 16.8 Å². The van der Waals surface area contributed by atoms with Gasteiger partial charge in [0.1, 0.15) is 5.75 Å². The van der Waals surface area contributed by atoms with Crippen molar-refractivity contribution in [1.29, 1.82) is 0 Å². The second-order valence-electron chi connectivity index (χ2n) is 4.99. The Hall–Kier alpha value is -1.54. The van der Waals surface area contributed by atoms with Crippen LogP contribution in [0.5, 0.6) is 0 Å². The fourth-order valence-corrected chi connectivity index (χ4v) is 3.00. The van der Waals surface area contributed by atoms with Crippen LogP contribution in [0.1, 0.15) is 19.4 Å². The van der Waals surface area contributed by atoms with Gasteiger partial charge < -0.3 is 10.4 Å². The summed E-state index contributed by atoms with van der Waals surface area (Å²) in [5.41, 5.74) is 1.35. The minimum Gasteiger partial charge on any atom is -0.481 e. The van der Waals surface area contributed by atoms with Gasteiger partial charge in [-0.15, -0.1) is 11.8 Å². The van der Waals surface area contributed by atoms with Gasteiger partial charge in [0.25, 0.3) is 0 Å². The molecule has 0 aliphatic heterocycles. The quantitative estimate of drug-likeness (QED) is 0.745. The summed E-state index contributed by atoms with van der Waals surface area (Å²) in [6.45, 7) is 3.06. The first-order valence-corrected chi connectivity index (χ1v) is 9.47. The Bertz CT molecular complexity index is 640. The lowest BCUT2D eigenvalue weighted by molar-refractivity contribution is -0.133. The summed E-state index contributed by atoms with van der Waals surface area (Å²) in [4.78, 5) is 22.2. The minimum atomic E-state index is -3.43. The number of carbonyl (C=O) groups excluding carboxylic acids is 1. The lowest BCUT2D eigenvalue weighted by Crippen LogP contribution is -2.27. The highest BCUT2D eigenvalue weighted by molar-refractivity contribution is 7.99. The number of amides is 1. The summed E-state index contributed by atoms with van der Waals surface area (Å²) in [6, 6.07) is 6.90. The van der Waals surface area contributed by atoms with Gasteiger partial charge in [-0.1, -0.05) is 12.1 Å². The molecular weight excluding hydrogens is 326 g/mol. The van der Waals surface area contributed by atoms with E-state index in [1.54, 1.807) is 18.2 Å². The first-order valence-electron chi connectivity index (χ1n) is 6.60. The summed E-state index contributed by atoms with van der Waals surface area (Å²) in [5.74, 6) is -1.51. The van der Waals surface area contributed by atoms with Gasteiger partial charge in [0.2, 0.25) is 5.91 Å². The number of hydrogen-bond acceptors (Lipinski definition) is 5. The van der Waals surface area contributed by atoms with Crippen LogP contribution in [-0.4, -0.2) is 42.2 Å².